The molecule has 19 heavy (non-hydrogen) atoms. The summed E-state index contributed by atoms with van der Waals surface area (Å²) in [5, 5.41) is 9.71. The highest BCUT2D eigenvalue weighted by atomic mass is 16.5. The summed E-state index contributed by atoms with van der Waals surface area (Å²) in [5.41, 5.74) is 2.87. The number of ether oxygens (including phenoxy) is 1. The van der Waals surface area contributed by atoms with E-state index in [0.29, 0.717) is 5.75 Å². The Morgan fingerprint density at radius 3 is 2.79 bits per heavy atom. The van der Waals surface area contributed by atoms with Crippen molar-refractivity contribution in [3.8, 4) is 11.5 Å². The van der Waals surface area contributed by atoms with Crippen molar-refractivity contribution in [2.75, 3.05) is 0 Å². The Bertz CT molecular complexity index is 536. The number of hydrogen-bond donors (Lipinski definition) is 1. The Balaban J connectivity index is 2.17. The molecule has 1 N–H and O–H groups in total. The molecule has 1 aliphatic heterocycles. The van der Waals surface area contributed by atoms with Crippen LogP contribution in [0, 0.1) is 6.92 Å². The molecule has 0 saturated heterocycles. The highest BCUT2D eigenvalue weighted by molar-refractivity contribution is 5.64. The third kappa shape index (κ3) is 3.19. The molecule has 2 rings (SSSR count). The maximum absolute atomic E-state index is 9.71. The van der Waals surface area contributed by atoms with E-state index >= 15 is 0 Å². The number of hydrogen-bond acceptors (Lipinski definition) is 2. The van der Waals surface area contributed by atoms with Crippen LogP contribution in [-0.4, -0.2) is 10.7 Å². The molecule has 0 spiro atoms. The summed E-state index contributed by atoms with van der Waals surface area (Å²) in [6.07, 6.45) is 8.33. The van der Waals surface area contributed by atoms with Crippen molar-refractivity contribution < 1.29 is 9.84 Å². The van der Waals surface area contributed by atoms with Crippen molar-refractivity contribution >= 4 is 6.08 Å². The number of fused-ring (bicyclic) bond motifs is 1. The molecule has 0 aromatic heterocycles. The van der Waals surface area contributed by atoms with Gasteiger partial charge in [-0.05, 0) is 64.3 Å². The molecule has 0 bridgehead atoms. The van der Waals surface area contributed by atoms with Crippen LogP contribution >= 0.6 is 0 Å². The van der Waals surface area contributed by atoms with Gasteiger partial charge in [0.2, 0.25) is 0 Å². The highest BCUT2D eigenvalue weighted by Gasteiger charge is 2.27. The first-order chi connectivity index (χ1) is 8.89. The van der Waals surface area contributed by atoms with Gasteiger partial charge < -0.3 is 9.84 Å². The SMILES string of the molecule is CC(C)=CCC[C@]1(C)C=Cc2cc(O)c(C)cc2O1. The summed E-state index contributed by atoms with van der Waals surface area (Å²) in [7, 11) is 0. The van der Waals surface area contributed by atoms with Crippen LogP contribution in [-0.2, 0) is 0 Å². The van der Waals surface area contributed by atoms with Gasteiger partial charge >= 0.3 is 0 Å². The summed E-state index contributed by atoms with van der Waals surface area (Å²) in [5.74, 6) is 1.18. The van der Waals surface area contributed by atoms with Gasteiger partial charge in [0.1, 0.15) is 17.1 Å². The number of aryl methyl sites for hydroxylation is 1. The number of phenolic OH excluding ortho intramolecular Hbond substituents is 1. The van der Waals surface area contributed by atoms with Crippen molar-refractivity contribution in [2.45, 2.75) is 46.1 Å². The summed E-state index contributed by atoms with van der Waals surface area (Å²) in [6, 6.07) is 3.67. The first-order valence-electron chi connectivity index (χ1n) is 6.75. The number of phenols is 1. The van der Waals surface area contributed by atoms with Gasteiger partial charge in [-0.2, -0.15) is 0 Å². The van der Waals surface area contributed by atoms with E-state index in [1.165, 1.54) is 5.57 Å². The quantitative estimate of drug-likeness (QED) is 0.802. The van der Waals surface area contributed by atoms with Gasteiger partial charge in [0.05, 0.1) is 0 Å². The van der Waals surface area contributed by atoms with Crippen LogP contribution in [0.5, 0.6) is 11.5 Å². The summed E-state index contributed by atoms with van der Waals surface area (Å²) in [4.78, 5) is 0. The van der Waals surface area contributed by atoms with Crippen LogP contribution in [0.3, 0.4) is 0 Å². The molecule has 2 nitrogen and oxygen atoms in total. The molecule has 2 heteroatoms. The molecule has 0 saturated carbocycles. The second-order valence-corrected chi connectivity index (χ2v) is 5.74. The van der Waals surface area contributed by atoms with Crippen molar-refractivity contribution in [2.24, 2.45) is 0 Å². The smallest absolute Gasteiger partial charge is 0.128 e. The number of aromatic hydroxyl groups is 1. The van der Waals surface area contributed by atoms with E-state index in [0.717, 1.165) is 29.7 Å². The molecule has 0 radical (unpaired) electrons. The van der Waals surface area contributed by atoms with E-state index in [9.17, 15) is 5.11 Å². The van der Waals surface area contributed by atoms with Gasteiger partial charge in [-0.15, -0.1) is 0 Å². The molecule has 0 unspecified atom stereocenters. The molecule has 0 amide bonds. The molecule has 102 valence electrons. The first-order valence-corrected chi connectivity index (χ1v) is 6.75. The van der Waals surface area contributed by atoms with Crippen molar-refractivity contribution in [3.05, 3.63) is 41.0 Å². The van der Waals surface area contributed by atoms with Crippen LogP contribution in [0.15, 0.2) is 29.9 Å². The average molecular weight is 258 g/mol. The summed E-state index contributed by atoms with van der Waals surface area (Å²) in [6.45, 7) is 8.22. The minimum absolute atomic E-state index is 0.262. The molecule has 1 aromatic rings. The standard InChI is InChI=1S/C17H22O2/c1-12(2)6-5-8-17(4)9-7-14-11-15(18)13(3)10-16(14)19-17/h6-7,9-11,18H,5,8H2,1-4H3/t17-/m1/s1. The van der Waals surface area contributed by atoms with Gasteiger partial charge in [-0.1, -0.05) is 17.7 Å². The van der Waals surface area contributed by atoms with Gasteiger partial charge in [0, 0.05) is 5.56 Å². The van der Waals surface area contributed by atoms with Gasteiger partial charge in [0.25, 0.3) is 0 Å². The average Bonchev–Trinajstić information content (AvgIpc) is 2.31. The van der Waals surface area contributed by atoms with Gasteiger partial charge in [-0.3, -0.25) is 0 Å². The lowest BCUT2D eigenvalue weighted by molar-refractivity contribution is 0.128. The van der Waals surface area contributed by atoms with Gasteiger partial charge in [-0.25, -0.2) is 0 Å². The first kappa shape index (κ1) is 13.7. The third-order valence-electron chi connectivity index (χ3n) is 3.48. The van der Waals surface area contributed by atoms with E-state index in [1.807, 2.05) is 19.1 Å². The molecular weight excluding hydrogens is 236 g/mol. The fourth-order valence-corrected chi connectivity index (χ4v) is 2.24. The topological polar surface area (TPSA) is 29.5 Å². The molecule has 1 aliphatic rings. The van der Waals surface area contributed by atoms with Crippen LogP contribution in [0.1, 0.15) is 44.7 Å². The predicted octanol–water partition coefficient (Wildman–Crippen LogP) is 4.61. The van der Waals surface area contributed by atoms with Crippen molar-refractivity contribution in [3.63, 3.8) is 0 Å². The Morgan fingerprint density at radius 2 is 2.11 bits per heavy atom. The predicted molar refractivity (Wildman–Crippen MR) is 79.6 cm³/mol. The second-order valence-electron chi connectivity index (χ2n) is 5.74. The Hall–Kier alpha value is -1.70. The van der Waals surface area contributed by atoms with E-state index in [2.05, 4.69) is 32.9 Å². The zero-order valence-electron chi connectivity index (χ0n) is 12.2. The largest absolute Gasteiger partial charge is 0.508 e. The van der Waals surface area contributed by atoms with Crippen LogP contribution in [0.4, 0.5) is 0 Å². The van der Waals surface area contributed by atoms with Crippen LogP contribution in [0.25, 0.3) is 6.08 Å². The lowest BCUT2D eigenvalue weighted by Crippen LogP contribution is -2.31. The normalized spacial score (nSPS) is 20.6. The fourth-order valence-electron chi connectivity index (χ4n) is 2.24. The molecule has 0 fully saturated rings. The number of allylic oxidation sites excluding steroid dienone is 2. The number of benzene rings is 1. The third-order valence-corrected chi connectivity index (χ3v) is 3.48. The lowest BCUT2D eigenvalue weighted by Gasteiger charge is -2.31. The van der Waals surface area contributed by atoms with Crippen molar-refractivity contribution in [1.29, 1.82) is 0 Å². The molecular formula is C17H22O2. The molecule has 1 aromatic carbocycles. The minimum Gasteiger partial charge on any atom is -0.508 e. The van der Waals surface area contributed by atoms with Crippen molar-refractivity contribution in [1.82, 2.24) is 0 Å². The Kier molecular flexibility index (Phi) is 3.70. The maximum atomic E-state index is 9.71. The summed E-state index contributed by atoms with van der Waals surface area (Å²) >= 11 is 0. The zero-order valence-corrected chi connectivity index (χ0v) is 12.2. The van der Waals surface area contributed by atoms with E-state index < -0.39 is 0 Å². The second kappa shape index (κ2) is 5.12. The van der Waals surface area contributed by atoms with E-state index in [4.69, 9.17) is 4.74 Å². The molecule has 0 aliphatic carbocycles. The monoisotopic (exact) mass is 258 g/mol. The molecule has 1 heterocycles. The minimum atomic E-state index is -0.262. The van der Waals surface area contributed by atoms with E-state index in [-0.39, 0.29) is 5.60 Å². The Morgan fingerprint density at radius 1 is 1.37 bits per heavy atom. The zero-order chi connectivity index (χ0) is 14.0. The summed E-state index contributed by atoms with van der Waals surface area (Å²) < 4.78 is 6.11. The fraction of sp³-hybridized carbons (Fsp3) is 0.412. The highest BCUT2D eigenvalue weighted by Crippen LogP contribution is 2.36. The van der Waals surface area contributed by atoms with Crippen LogP contribution < -0.4 is 4.74 Å². The number of rotatable bonds is 3. The Labute approximate surface area is 115 Å². The maximum Gasteiger partial charge on any atom is 0.128 e. The van der Waals surface area contributed by atoms with Gasteiger partial charge in [0.15, 0.2) is 0 Å². The van der Waals surface area contributed by atoms with Crippen LogP contribution in [0.2, 0.25) is 0 Å². The van der Waals surface area contributed by atoms with E-state index in [1.54, 1.807) is 6.07 Å². The lowest BCUT2D eigenvalue weighted by atomic mass is 9.94. The molecule has 1 atom stereocenters.